The van der Waals surface area contributed by atoms with Gasteiger partial charge >= 0.3 is 0 Å². The van der Waals surface area contributed by atoms with Gasteiger partial charge in [0, 0.05) is 66.0 Å². The number of furan rings is 1. The maximum absolute atomic E-state index is 9.62. The Hall–Kier alpha value is -2.22. The molecule has 3 heterocycles. The van der Waals surface area contributed by atoms with Gasteiger partial charge in [0.25, 0.3) is 0 Å². The fourth-order valence-corrected chi connectivity index (χ4v) is 3.92. The van der Waals surface area contributed by atoms with Crippen LogP contribution in [-0.2, 0) is 39.3 Å². The van der Waals surface area contributed by atoms with Gasteiger partial charge < -0.3 is 20.2 Å². The van der Waals surface area contributed by atoms with Gasteiger partial charge in [0.05, 0.1) is 35.7 Å². The van der Waals surface area contributed by atoms with Crippen LogP contribution < -0.4 is 10.0 Å². The van der Waals surface area contributed by atoms with Crippen LogP contribution in [0.5, 0.6) is 0 Å². The van der Waals surface area contributed by atoms with E-state index in [9.17, 15) is 5.26 Å². The molecule has 0 amide bonds. The van der Waals surface area contributed by atoms with Crippen molar-refractivity contribution in [2.45, 2.75) is 11.4 Å². The van der Waals surface area contributed by atoms with E-state index in [2.05, 4.69) is 26.1 Å². The molecule has 0 fully saturated rings. The average Bonchev–Trinajstić information content (AvgIpc) is 3.47. The van der Waals surface area contributed by atoms with E-state index in [0.717, 1.165) is 26.8 Å². The number of anilines is 3. The van der Waals surface area contributed by atoms with E-state index < -0.39 is 0 Å². The van der Waals surface area contributed by atoms with E-state index in [1.807, 2.05) is 35.7 Å². The molecule has 30 heavy (non-hydrogen) atoms. The molecule has 147 valence electrons. The summed E-state index contributed by atoms with van der Waals surface area (Å²) in [7, 11) is 0. The molecule has 0 bridgehead atoms. The third-order valence-corrected chi connectivity index (χ3v) is 5.65. The van der Waals surface area contributed by atoms with Gasteiger partial charge in [0.2, 0.25) is 0 Å². The first-order valence-electron chi connectivity index (χ1n) is 8.56. The van der Waals surface area contributed by atoms with Crippen molar-refractivity contribution < 1.29 is 37.1 Å². The van der Waals surface area contributed by atoms with Crippen LogP contribution in [0.4, 0.5) is 16.5 Å². The molecule has 0 saturated heterocycles. The van der Waals surface area contributed by atoms with Gasteiger partial charge in [-0.1, -0.05) is 0 Å². The van der Waals surface area contributed by atoms with Gasteiger partial charge in [-0.25, -0.2) is 4.98 Å². The van der Waals surface area contributed by atoms with Gasteiger partial charge in [-0.3, -0.25) is 4.98 Å². The van der Waals surface area contributed by atoms with Crippen molar-refractivity contribution in [3.8, 4) is 17.2 Å². The standard InChI is InChI=1S/C20H15N6OS2.Y/c21-9-14-7-16(29-26-20-23-4-6-28-20)1-2-18(14)25-19-11-24-15(10-22)8-17(19)13-3-5-27-12-13;/h1-8,11-12,22,25H,10H2,(H,23,26);/q-1;. The molecule has 1 aromatic carbocycles. The van der Waals surface area contributed by atoms with Gasteiger partial charge in [-0.2, -0.15) is 5.26 Å². The molecule has 1 radical (unpaired) electrons. The number of hydrogen-bond acceptors (Lipinski definition) is 8. The van der Waals surface area contributed by atoms with Crippen LogP contribution in [-0.4, -0.2) is 9.97 Å². The Morgan fingerprint density at radius 3 is 2.80 bits per heavy atom. The van der Waals surface area contributed by atoms with Crippen molar-refractivity contribution in [1.82, 2.24) is 9.97 Å². The molecule has 0 spiro atoms. The molecule has 0 atom stereocenters. The molecular formula is C20H15N6OS2Y-. The number of nitrogens with zero attached hydrogens (tertiary/aromatic N) is 3. The van der Waals surface area contributed by atoms with E-state index in [4.69, 9.17) is 10.2 Å². The van der Waals surface area contributed by atoms with Crippen LogP contribution in [0.25, 0.3) is 16.9 Å². The zero-order chi connectivity index (χ0) is 20.1. The number of nitrogens with one attached hydrogen (secondary N) is 3. The number of pyridine rings is 1. The van der Waals surface area contributed by atoms with Gasteiger partial charge in [0.15, 0.2) is 5.13 Å². The molecule has 3 aromatic heterocycles. The minimum Gasteiger partial charge on any atom is -0.672 e. The van der Waals surface area contributed by atoms with E-state index in [1.54, 1.807) is 24.9 Å². The number of aromatic nitrogens is 2. The molecule has 0 saturated carbocycles. The predicted octanol–water partition coefficient (Wildman–Crippen LogP) is 6.08. The summed E-state index contributed by atoms with van der Waals surface area (Å²) in [6.07, 6.45) is 6.66. The Morgan fingerprint density at radius 1 is 1.20 bits per heavy atom. The maximum Gasteiger partial charge on any atom is 0.192 e. The third-order valence-electron chi connectivity index (χ3n) is 4.04. The Morgan fingerprint density at radius 2 is 2.10 bits per heavy atom. The summed E-state index contributed by atoms with van der Waals surface area (Å²) in [4.78, 5) is 9.39. The largest absolute Gasteiger partial charge is 0.672 e. The summed E-state index contributed by atoms with van der Waals surface area (Å²) in [5.41, 5.74) is 11.9. The monoisotopic (exact) mass is 508 g/mol. The van der Waals surface area contributed by atoms with Crippen LogP contribution in [0.1, 0.15) is 11.3 Å². The van der Waals surface area contributed by atoms with Gasteiger partial charge in [-0.05, 0) is 42.3 Å². The van der Waals surface area contributed by atoms with E-state index >= 15 is 0 Å². The van der Waals surface area contributed by atoms with Crippen LogP contribution in [0.2, 0.25) is 0 Å². The van der Waals surface area contributed by atoms with Gasteiger partial charge in [-0.15, -0.1) is 17.9 Å². The van der Waals surface area contributed by atoms with Crippen molar-refractivity contribution in [3.05, 3.63) is 77.6 Å². The molecule has 10 heteroatoms. The van der Waals surface area contributed by atoms with Crippen molar-refractivity contribution in [2.75, 3.05) is 10.0 Å². The Kier molecular flexibility index (Phi) is 8.02. The van der Waals surface area contributed by atoms with Crippen LogP contribution in [0.15, 0.2) is 69.9 Å². The van der Waals surface area contributed by atoms with Crippen molar-refractivity contribution in [2.24, 2.45) is 0 Å². The molecule has 0 aliphatic heterocycles. The molecule has 4 aromatic rings. The predicted molar refractivity (Wildman–Crippen MR) is 116 cm³/mol. The normalized spacial score (nSPS) is 10.1. The first-order chi connectivity index (χ1) is 14.3. The first-order valence-corrected chi connectivity index (χ1v) is 10.3. The SMILES string of the molecule is N#Cc1cc(SNc2nccs2)ccc1Nc1cnc(C[NH-])cc1-c1ccoc1.[Y]. The Bertz CT molecular complexity index is 1140. The molecule has 7 nitrogen and oxygen atoms in total. The topological polar surface area (TPSA) is 111 Å². The van der Waals surface area contributed by atoms with Crippen LogP contribution in [0, 0.1) is 11.3 Å². The second kappa shape index (κ2) is 10.7. The first kappa shape index (κ1) is 22.5. The smallest absolute Gasteiger partial charge is 0.192 e. The second-order valence-electron chi connectivity index (χ2n) is 5.90. The fourth-order valence-electron chi connectivity index (χ4n) is 2.66. The van der Waals surface area contributed by atoms with Crippen LogP contribution >= 0.6 is 23.3 Å². The maximum atomic E-state index is 9.62. The van der Waals surface area contributed by atoms with E-state index in [1.165, 1.54) is 23.3 Å². The number of rotatable bonds is 7. The summed E-state index contributed by atoms with van der Waals surface area (Å²) in [5, 5.41) is 15.6. The van der Waals surface area contributed by atoms with Crippen molar-refractivity contribution in [1.29, 1.82) is 5.26 Å². The number of thiazole rings is 1. The summed E-state index contributed by atoms with van der Waals surface area (Å²) in [6, 6.07) is 11.6. The van der Waals surface area contributed by atoms with E-state index in [-0.39, 0.29) is 39.3 Å². The molecule has 4 rings (SSSR count). The second-order valence-corrected chi connectivity index (χ2v) is 7.67. The minimum atomic E-state index is 0. The summed E-state index contributed by atoms with van der Waals surface area (Å²) < 4.78 is 8.36. The van der Waals surface area contributed by atoms with Gasteiger partial charge in [0.1, 0.15) is 6.07 Å². The minimum absolute atomic E-state index is 0. The molecule has 3 N–H and O–H groups in total. The number of hydrogen-bond donors (Lipinski definition) is 2. The zero-order valence-corrected chi connectivity index (χ0v) is 20.1. The summed E-state index contributed by atoms with van der Waals surface area (Å²) >= 11 is 2.91. The Labute approximate surface area is 207 Å². The number of benzene rings is 1. The molecule has 0 aliphatic carbocycles. The Balaban J connectivity index is 0.00000256. The number of nitriles is 1. The molecule has 0 unspecified atom stereocenters. The third kappa shape index (κ3) is 5.28. The zero-order valence-electron chi connectivity index (χ0n) is 15.6. The molecular weight excluding hydrogens is 493 g/mol. The summed E-state index contributed by atoms with van der Waals surface area (Å²) in [6.45, 7) is 0.0899. The van der Waals surface area contributed by atoms with Crippen molar-refractivity contribution in [3.63, 3.8) is 0 Å². The van der Waals surface area contributed by atoms with Crippen molar-refractivity contribution >= 4 is 39.8 Å². The van der Waals surface area contributed by atoms with E-state index in [0.29, 0.717) is 16.9 Å². The quantitative estimate of drug-likeness (QED) is 0.291. The average molecular weight is 508 g/mol. The molecule has 0 aliphatic rings. The fraction of sp³-hybridized carbons (Fsp3) is 0.0500. The summed E-state index contributed by atoms with van der Waals surface area (Å²) in [5.74, 6) is 0. The van der Waals surface area contributed by atoms with Crippen LogP contribution in [0.3, 0.4) is 0 Å².